The molecule has 0 unspecified atom stereocenters. The highest BCUT2D eigenvalue weighted by atomic mass is 35.5. The maximum Gasteiger partial charge on any atom is 0.264 e. The van der Waals surface area contributed by atoms with Crippen molar-refractivity contribution in [1.82, 2.24) is 9.97 Å². The number of benzene rings is 1. The molecule has 5 nitrogen and oxygen atoms in total. The Hall–Kier alpha value is -2.18. The van der Waals surface area contributed by atoms with Crippen molar-refractivity contribution in [2.75, 3.05) is 4.72 Å². The van der Waals surface area contributed by atoms with Crippen molar-refractivity contribution >= 4 is 38.3 Å². The summed E-state index contributed by atoms with van der Waals surface area (Å²) in [7, 11) is -3.73. The third kappa shape index (κ3) is 2.96. The molecule has 0 atom stereocenters. The Labute approximate surface area is 126 Å². The molecule has 3 aromatic rings. The number of anilines is 1. The zero-order valence-corrected chi connectivity index (χ0v) is 12.3. The van der Waals surface area contributed by atoms with Gasteiger partial charge in [-0.3, -0.25) is 4.72 Å². The maximum atomic E-state index is 12.2. The van der Waals surface area contributed by atoms with E-state index in [1.165, 1.54) is 18.3 Å². The van der Waals surface area contributed by atoms with Crippen LogP contribution in [-0.4, -0.2) is 18.4 Å². The van der Waals surface area contributed by atoms with Gasteiger partial charge in [-0.25, -0.2) is 18.4 Å². The molecule has 7 heteroatoms. The van der Waals surface area contributed by atoms with Crippen LogP contribution in [0.1, 0.15) is 0 Å². The zero-order valence-electron chi connectivity index (χ0n) is 10.7. The van der Waals surface area contributed by atoms with Crippen molar-refractivity contribution in [3.05, 3.63) is 59.9 Å². The molecular weight excluding hydrogens is 310 g/mol. The standard InChI is InChI=1S/C14H10ClN3O2S/c15-13-7-6-11(9-16-13)21(19,20)18-14-8-5-10-3-1-2-4-12(10)17-14/h1-9H,(H,17,18). The molecule has 2 aromatic heterocycles. The lowest BCUT2D eigenvalue weighted by Gasteiger charge is -2.07. The number of nitrogens with one attached hydrogen (secondary N) is 1. The van der Waals surface area contributed by atoms with Gasteiger partial charge in [0.05, 0.1) is 5.52 Å². The number of nitrogens with zero attached hydrogens (tertiary/aromatic N) is 2. The van der Waals surface area contributed by atoms with E-state index in [9.17, 15) is 8.42 Å². The fourth-order valence-electron chi connectivity index (χ4n) is 1.84. The molecular formula is C14H10ClN3O2S. The van der Waals surface area contributed by atoms with Crippen molar-refractivity contribution in [3.8, 4) is 0 Å². The van der Waals surface area contributed by atoms with Gasteiger partial charge < -0.3 is 0 Å². The lowest BCUT2D eigenvalue weighted by atomic mass is 10.2. The van der Waals surface area contributed by atoms with Crippen LogP contribution in [0.2, 0.25) is 5.15 Å². The molecule has 1 N–H and O–H groups in total. The van der Waals surface area contributed by atoms with Crippen LogP contribution in [0.3, 0.4) is 0 Å². The van der Waals surface area contributed by atoms with E-state index in [4.69, 9.17) is 11.6 Å². The van der Waals surface area contributed by atoms with Crippen LogP contribution >= 0.6 is 11.6 Å². The van der Waals surface area contributed by atoms with Crippen LogP contribution in [0.25, 0.3) is 10.9 Å². The number of pyridine rings is 2. The van der Waals surface area contributed by atoms with Gasteiger partial charge in [0, 0.05) is 11.6 Å². The number of aromatic nitrogens is 2. The molecule has 0 radical (unpaired) electrons. The number of hydrogen-bond acceptors (Lipinski definition) is 4. The Morgan fingerprint density at radius 1 is 1.00 bits per heavy atom. The van der Waals surface area contributed by atoms with Gasteiger partial charge in [-0.05, 0) is 30.3 Å². The summed E-state index contributed by atoms with van der Waals surface area (Å²) in [6.45, 7) is 0. The topological polar surface area (TPSA) is 72.0 Å². The summed E-state index contributed by atoms with van der Waals surface area (Å²) in [6, 6.07) is 13.7. The number of fused-ring (bicyclic) bond motifs is 1. The van der Waals surface area contributed by atoms with Crippen LogP contribution in [0.4, 0.5) is 5.82 Å². The molecule has 0 aliphatic heterocycles. The number of rotatable bonds is 3. The molecule has 0 amide bonds. The summed E-state index contributed by atoms with van der Waals surface area (Å²) in [4.78, 5) is 8.06. The van der Waals surface area contributed by atoms with Crippen LogP contribution in [0.15, 0.2) is 59.6 Å². The largest absolute Gasteiger partial charge is 0.264 e. The molecule has 3 rings (SSSR count). The third-order valence-electron chi connectivity index (χ3n) is 2.85. The van der Waals surface area contributed by atoms with Crippen molar-refractivity contribution in [1.29, 1.82) is 0 Å². The minimum atomic E-state index is -3.73. The Morgan fingerprint density at radius 3 is 2.57 bits per heavy atom. The van der Waals surface area contributed by atoms with Gasteiger partial charge in [0.15, 0.2) is 0 Å². The first-order chi connectivity index (χ1) is 10.0. The molecule has 0 aliphatic carbocycles. The second-order valence-corrected chi connectivity index (χ2v) is 6.38. The highest BCUT2D eigenvalue weighted by Crippen LogP contribution is 2.18. The first-order valence-corrected chi connectivity index (χ1v) is 7.91. The van der Waals surface area contributed by atoms with Crippen molar-refractivity contribution in [2.24, 2.45) is 0 Å². The molecule has 2 heterocycles. The van der Waals surface area contributed by atoms with E-state index in [-0.39, 0.29) is 15.9 Å². The molecule has 0 spiro atoms. The minimum Gasteiger partial charge on any atom is -0.263 e. The second-order valence-electron chi connectivity index (χ2n) is 4.31. The van der Waals surface area contributed by atoms with E-state index >= 15 is 0 Å². The first-order valence-electron chi connectivity index (χ1n) is 6.05. The fourth-order valence-corrected chi connectivity index (χ4v) is 2.90. The summed E-state index contributed by atoms with van der Waals surface area (Å²) >= 11 is 5.65. The predicted octanol–water partition coefficient (Wildman–Crippen LogP) is 3.08. The fraction of sp³-hybridized carbons (Fsp3) is 0. The van der Waals surface area contributed by atoms with Crippen molar-refractivity contribution in [2.45, 2.75) is 4.90 Å². The van der Waals surface area contributed by atoms with Gasteiger partial charge in [-0.2, -0.15) is 0 Å². The van der Waals surface area contributed by atoms with Crippen LogP contribution < -0.4 is 4.72 Å². The van der Waals surface area contributed by atoms with E-state index in [1.807, 2.05) is 24.3 Å². The lowest BCUT2D eigenvalue weighted by molar-refractivity contribution is 0.600. The average Bonchev–Trinajstić information content (AvgIpc) is 2.47. The normalized spacial score (nSPS) is 11.5. The zero-order chi connectivity index (χ0) is 14.9. The molecule has 21 heavy (non-hydrogen) atoms. The molecule has 0 saturated carbocycles. The molecule has 0 saturated heterocycles. The van der Waals surface area contributed by atoms with E-state index < -0.39 is 10.0 Å². The monoisotopic (exact) mass is 319 g/mol. The van der Waals surface area contributed by atoms with Gasteiger partial charge in [-0.1, -0.05) is 29.8 Å². The van der Waals surface area contributed by atoms with E-state index in [1.54, 1.807) is 12.1 Å². The lowest BCUT2D eigenvalue weighted by Crippen LogP contribution is -2.14. The number of hydrogen-bond donors (Lipinski definition) is 1. The first kappa shape index (κ1) is 13.8. The highest BCUT2D eigenvalue weighted by Gasteiger charge is 2.15. The van der Waals surface area contributed by atoms with Gasteiger partial charge in [0.25, 0.3) is 10.0 Å². The second kappa shape index (κ2) is 5.31. The van der Waals surface area contributed by atoms with Crippen LogP contribution in [0, 0.1) is 0 Å². The molecule has 0 fully saturated rings. The Morgan fingerprint density at radius 2 is 1.81 bits per heavy atom. The Balaban J connectivity index is 1.95. The van der Waals surface area contributed by atoms with E-state index in [0.29, 0.717) is 5.52 Å². The SMILES string of the molecule is O=S(=O)(Nc1ccc2ccccc2n1)c1ccc(Cl)nc1. The minimum absolute atomic E-state index is 0.0295. The quantitative estimate of drug-likeness (QED) is 0.753. The predicted molar refractivity (Wildman–Crippen MR) is 81.8 cm³/mol. The number of para-hydroxylation sites is 1. The molecule has 1 aromatic carbocycles. The van der Waals surface area contributed by atoms with Gasteiger partial charge in [-0.15, -0.1) is 0 Å². The van der Waals surface area contributed by atoms with Crippen LogP contribution in [0.5, 0.6) is 0 Å². The third-order valence-corrected chi connectivity index (χ3v) is 4.41. The Bertz CT molecular complexity index is 895. The average molecular weight is 320 g/mol. The number of sulfonamides is 1. The molecule has 0 aliphatic rings. The van der Waals surface area contributed by atoms with E-state index in [2.05, 4.69) is 14.7 Å². The smallest absolute Gasteiger partial charge is 0.263 e. The van der Waals surface area contributed by atoms with E-state index in [0.717, 1.165) is 5.39 Å². The molecule has 0 bridgehead atoms. The van der Waals surface area contributed by atoms with Crippen molar-refractivity contribution < 1.29 is 8.42 Å². The highest BCUT2D eigenvalue weighted by molar-refractivity contribution is 7.92. The summed E-state index contributed by atoms with van der Waals surface area (Å²) in [5.74, 6) is 0.253. The summed E-state index contributed by atoms with van der Waals surface area (Å²) in [6.07, 6.45) is 1.20. The summed E-state index contributed by atoms with van der Waals surface area (Å²) in [5.41, 5.74) is 0.715. The Kier molecular flexibility index (Phi) is 3.48. The maximum absolute atomic E-state index is 12.2. The van der Waals surface area contributed by atoms with Gasteiger partial charge in [0.1, 0.15) is 15.9 Å². The van der Waals surface area contributed by atoms with Gasteiger partial charge in [0.2, 0.25) is 0 Å². The summed E-state index contributed by atoms with van der Waals surface area (Å²) in [5, 5.41) is 1.17. The van der Waals surface area contributed by atoms with Crippen molar-refractivity contribution in [3.63, 3.8) is 0 Å². The summed E-state index contributed by atoms with van der Waals surface area (Å²) < 4.78 is 26.9. The molecule has 106 valence electrons. The van der Waals surface area contributed by atoms with Gasteiger partial charge >= 0.3 is 0 Å². The number of halogens is 1. The van der Waals surface area contributed by atoms with Crippen LogP contribution in [-0.2, 0) is 10.0 Å².